The number of allylic oxidation sites excluding steroid dienone is 2. The number of hydrogen-bond donors (Lipinski definition) is 2. The SMILES string of the molecule is CC(C)(C(=O)O)C(O)C1CC=CCC1. The van der Waals surface area contributed by atoms with Gasteiger partial charge in [-0.05, 0) is 39.0 Å². The third-order valence-corrected chi connectivity index (χ3v) is 3.05. The Balaban J connectivity index is 2.68. The van der Waals surface area contributed by atoms with Crippen molar-refractivity contribution in [2.45, 2.75) is 39.2 Å². The van der Waals surface area contributed by atoms with Gasteiger partial charge in [0.05, 0.1) is 11.5 Å². The van der Waals surface area contributed by atoms with E-state index in [2.05, 4.69) is 6.08 Å². The van der Waals surface area contributed by atoms with Crippen LogP contribution in [0.25, 0.3) is 0 Å². The van der Waals surface area contributed by atoms with Crippen LogP contribution in [0.1, 0.15) is 33.1 Å². The van der Waals surface area contributed by atoms with Crippen LogP contribution in [0.15, 0.2) is 12.2 Å². The summed E-state index contributed by atoms with van der Waals surface area (Å²) in [5.74, 6) is -0.842. The van der Waals surface area contributed by atoms with E-state index in [0.29, 0.717) is 0 Å². The summed E-state index contributed by atoms with van der Waals surface area (Å²) < 4.78 is 0. The molecule has 3 heteroatoms. The average molecular weight is 198 g/mol. The summed E-state index contributed by atoms with van der Waals surface area (Å²) in [6, 6.07) is 0. The smallest absolute Gasteiger partial charge is 0.311 e. The number of carboxylic acid groups (broad SMARTS) is 1. The summed E-state index contributed by atoms with van der Waals surface area (Å²) in [6.07, 6.45) is 5.96. The molecule has 1 rings (SSSR count). The summed E-state index contributed by atoms with van der Waals surface area (Å²) in [6.45, 7) is 3.16. The van der Waals surface area contributed by atoms with E-state index in [1.807, 2.05) is 6.08 Å². The predicted molar refractivity (Wildman–Crippen MR) is 53.9 cm³/mol. The number of carboxylic acids is 1. The quantitative estimate of drug-likeness (QED) is 0.680. The number of aliphatic hydroxyl groups is 1. The van der Waals surface area contributed by atoms with Crippen LogP contribution in [0.2, 0.25) is 0 Å². The van der Waals surface area contributed by atoms with Crippen molar-refractivity contribution in [3.05, 3.63) is 12.2 Å². The Labute approximate surface area is 84.4 Å². The Morgan fingerprint density at radius 3 is 2.57 bits per heavy atom. The molecule has 1 aliphatic carbocycles. The fourth-order valence-corrected chi connectivity index (χ4v) is 1.82. The first-order chi connectivity index (χ1) is 6.46. The number of rotatable bonds is 3. The fraction of sp³-hybridized carbons (Fsp3) is 0.727. The molecule has 0 saturated heterocycles. The van der Waals surface area contributed by atoms with Gasteiger partial charge in [0.2, 0.25) is 0 Å². The largest absolute Gasteiger partial charge is 0.481 e. The lowest BCUT2D eigenvalue weighted by molar-refractivity contribution is -0.156. The van der Waals surface area contributed by atoms with Gasteiger partial charge in [0.1, 0.15) is 0 Å². The molecule has 3 nitrogen and oxygen atoms in total. The lowest BCUT2D eigenvalue weighted by atomic mass is 9.75. The van der Waals surface area contributed by atoms with Crippen LogP contribution in [-0.4, -0.2) is 22.3 Å². The molecule has 2 N–H and O–H groups in total. The van der Waals surface area contributed by atoms with E-state index in [4.69, 9.17) is 5.11 Å². The molecule has 0 heterocycles. The predicted octanol–water partition coefficient (Wildman–Crippen LogP) is 1.81. The lowest BCUT2D eigenvalue weighted by Crippen LogP contribution is -2.42. The Hall–Kier alpha value is -0.830. The van der Waals surface area contributed by atoms with Crippen molar-refractivity contribution >= 4 is 5.97 Å². The molecule has 0 aromatic heterocycles. The molecule has 0 aromatic carbocycles. The summed E-state index contributed by atoms with van der Waals surface area (Å²) >= 11 is 0. The van der Waals surface area contributed by atoms with Gasteiger partial charge in [-0.15, -0.1) is 0 Å². The van der Waals surface area contributed by atoms with Crippen LogP contribution in [-0.2, 0) is 4.79 Å². The Morgan fingerprint density at radius 1 is 1.50 bits per heavy atom. The minimum Gasteiger partial charge on any atom is -0.481 e. The molecule has 0 spiro atoms. The van der Waals surface area contributed by atoms with E-state index < -0.39 is 17.5 Å². The van der Waals surface area contributed by atoms with Gasteiger partial charge in [-0.25, -0.2) is 0 Å². The summed E-state index contributed by atoms with van der Waals surface area (Å²) in [5.41, 5.74) is -1.05. The Morgan fingerprint density at radius 2 is 2.14 bits per heavy atom. The van der Waals surface area contributed by atoms with Crippen LogP contribution in [0.5, 0.6) is 0 Å². The first-order valence-electron chi connectivity index (χ1n) is 5.02. The topological polar surface area (TPSA) is 57.5 Å². The lowest BCUT2D eigenvalue weighted by Gasteiger charge is -2.33. The summed E-state index contributed by atoms with van der Waals surface area (Å²) in [7, 11) is 0. The molecule has 14 heavy (non-hydrogen) atoms. The van der Waals surface area contributed by atoms with E-state index in [0.717, 1.165) is 19.3 Å². The molecule has 0 fully saturated rings. The molecule has 1 aliphatic rings. The highest BCUT2D eigenvalue weighted by Crippen LogP contribution is 2.32. The summed E-state index contributed by atoms with van der Waals surface area (Å²) in [5, 5.41) is 18.9. The van der Waals surface area contributed by atoms with Crippen molar-refractivity contribution in [2.24, 2.45) is 11.3 Å². The number of aliphatic carboxylic acids is 1. The average Bonchev–Trinajstić information content (AvgIpc) is 2.17. The maximum Gasteiger partial charge on any atom is 0.311 e. The van der Waals surface area contributed by atoms with Gasteiger partial charge >= 0.3 is 5.97 Å². The normalized spacial score (nSPS) is 24.6. The van der Waals surface area contributed by atoms with Gasteiger partial charge in [0.25, 0.3) is 0 Å². The zero-order valence-electron chi connectivity index (χ0n) is 8.73. The van der Waals surface area contributed by atoms with E-state index in [9.17, 15) is 9.90 Å². The van der Waals surface area contributed by atoms with Crippen LogP contribution >= 0.6 is 0 Å². The third-order valence-electron chi connectivity index (χ3n) is 3.05. The van der Waals surface area contributed by atoms with Crippen molar-refractivity contribution in [3.63, 3.8) is 0 Å². The zero-order valence-corrected chi connectivity index (χ0v) is 8.73. The highest BCUT2D eigenvalue weighted by atomic mass is 16.4. The maximum absolute atomic E-state index is 10.9. The van der Waals surface area contributed by atoms with Crippen LogP contribution < -0.4 is 0 Å². The van der Waals surface area contributed by atoms with E-state index in [1.54, 1.807) is 13.8 Å². The standard InChI is InChI=1S/C11H18O3/c1-11(2,10(13)14)9(12)8-6-4-3-5-7-8/h3-4,8-9,12H,5-7H2,1-2H3,(H,13,14). The minimum atomic E-state index is -1.05. The van der Waals surface area contributed by atoms with Crippen LogP contribution in [0, 0.1) is 11.3 Å². The molecular weight excluding hydrogens is 180 g/mol. The van der Waals surface area contributed by atoms with Gasteiger partial charge in [-0.3, -0.25) is 4.79 Å². The molecule has 0 saturated carbocycles. The van der Waals surface area contributed by atoms with Crippen molar-refractivity contribution in [1.29, 1.82) is 0 Å². The first-order valence-corrected chi connectivity index (χ1v) is 5.02. The first kappa shape index (κ1) is 11.2. The zero-order chi connectivity index (χ0) is 10.8. The highest BCUT2D eigenvalue weighted by molar-refractivity contribution is 5.74. The number of aliphatic hydroxyl groups excluding tert-OH is 1. The molecule has 80 valence electrons. The van der Waals surface area contributed by atoms with E-state index >= 15 is 0 Å². The maximum atomic E-state index is 10.9. The van der Waals surface area contributed by atoms with Gasteiger partial charge < -0.3 is 10.2 Å². The molecule has 2 atom stereocenters. The monoisotopic (exact) mass is 198 g/mol. The minimum absolute atomic E-state index is 0.0890. The molecule has 0 bridgehead atoms. The van der Waals surface area contributed by atoms with Crippen molar-refractivity contribution in [3.8, 4) is 0 Å². The van der Waals surface area contributed by atoms with Gasteiger partial charge in [0, 0.05) is 0 Å². The second-order valence-corrected chi connectivity index (χ2v) is 4.52. The number of hydrogen-bond acceptors (Lipinski definition) is 2. The second kappa shape index (κ2) is 4.13. The molecule has 2 unspecified atom stereocenters. The van der Waals surface area contributed by atoms with E-state index in [-0.39, 0.29) is 5.92 Å². The third kappa shape index (κ3) is 2.15. The Bertz CT molecular complexity index is 243. The molecular formula is C11H18O3. The fourth-order valence-electron chi connectivity index (χ4n) is 1.82. The van der Waals surface area contributed by atoms with Crippen LogP contribution in [0.4, 0.5) is 0 Å². The van der Waals surface area contributed by atoms with Crippen molar-refractivity contribution < 1.29 is 15.0 Å². The Kier molecular flexibility index (Phi) is 3.32. The van der Waals surface area contributed by atoms with Crippen molar-refractivity contribution in [2.75, 3.05) is 0 Å². The molecule has 0 aliphatic heterocycles. The molecule has 0 radical (unpaired) electrons. The molecule has 0 amide bonds. The highest BCUT2D eigenvalue weighted by Gasteiger charge is 2.39. The van der Waals surface area contributed by atoms with Crippen LogP contribution in [0.3, 0.4) is 0 Å². The second-order valence-electron chi connectivity index (χ2n) is 4.52. The van der Waals surface area contributed by atoms with Gasteiger partial charge in [-0.2, -0.15) is 0 Å². The van der Waals surface area contributed by atoms with Crippen molar-refractivity contribution in [1.82, 2.24) is 0 Å². The number of carbonyl (C=O) groups is 1. The van der Waals surface area contributed by atoms with Gasteiger partial charge in [-0.1, -0.05) is 12.2 Å². The van der Waals surface area contributed by atoms with E-state index in [1.165, 1.54) is 0 Å². The molecule has 0 aromatic rings. The van der Waals surface area contributed by atoms with Gasteiger partial charge in [0.15, 0.2) is 0 Å². The summed E-state index contributed by atoms with van der Waals surface area (Å²) in [4.78, 5) is 10.9.